The Morgan fingerprint density at radius 1 is 1.29 bits per heavy atom. The SMILES string of the molecule is CCCOc1ccc(C=O)c(OCc2cnn(CC)c2)c1. The lowest BCUT2D eigenvalue weighted by Crippen LogP contribution is -2.00. The van der Waals surface area contributed by atoms with Gasteiger partial charge in [0.1, 0.15) is 18.1 Å². The molecular weight excluding hydrogens is 268 g/mol. The van der Waals surface area contributed by atoms with Gasteiger partial charge in [-0.15, -0.1) is 0 Å². The van der Waals surface area contributed by atoms with Gasteiger partial charge >= 0.3 is 0 Å². The van der Waals surface area contributed by atoms with Crippen molar-refractivity contribution < 1.29 is 14.3 Å². The molecule has 5 nitrogen and oxygen atoms in total. The van der Waals surface area contributed by atoms with Crippen LogP contribution in [0.4, 0.5) is 0 Å². The van der Waals surface area contributed by atoms with Crippen LogP contribution >= 0.6 is 0 Å². The number of nitrogens with zero attached hydrogens (tertiary/aromatic N) is 2. The highest BCUT2D eigenvalue weighted by Gasteiger charge is 2.07. The van der Waals surface area contributed by atoms with Crippen LogP contribution in [0.2, 0.25) is 0 Å². The fourth-order valence-corrected chi connectivity index (χ4v) is 1.86. The topological polar surface area (TPSA) is 53.4 Å². The molecule has 0 N–H and O–H groups in total. The van der Waals surface area contributed by atoms with Crippen LogP contribution in [0, 0.1) is 0 Å². The summed E-state index contributed by atoms with van der Waals surface area (Å²) in [7, 11) is 0. The van der Waals surface area contributed by atoms with E-state index in [1.165, 1.54) is 0 Å². The molecule has 1 aromatic heterocycles. The first-order valence-electron chi connectivity index (χ1n) is 7.13. The smallest absolute Gasteiger partial charge is 0.153 e. The highest BCUT2D eigenvalue weighted by molar-refractivity contribution is 5.79. The molecule has 0 spiro atoms. The largest absolute Gasteiger partial charge is 0.493 e. The van der Waals surface area contributed by atoms with Crippen molar-refractivity contribution in [3.8, 4) is 11.5 Å². The van der Waals surface area contributed by atoms with Crippen LogP contribution in [-0.4, -0.2) is 22.7 Å². The monoisotopic (exact) mass is 288 g/mol. The lowest BCUT2D eigenvalue weighted by atomic mass is 10.2. The van der Waals surface area contributed by atoms with Crippen molar-refractivity contribution in [2.75, 3.05) is 6.61 Å². The molecule has 0 aliphatic heterocycles. The van der Waals surface area contributed by atoms with Crippen LogP contribution in [-0.2, 0) is 13.2 Å². The molecule has 0 aliphatic rings. The van der Waals surface area contributed by atoms with E-state index in [9.17, 15) is 4.79 Å². The molecular formula is C16H20N2O3. The van der Waals surface area contributed by atoms with Crippen molar-refractivity contribution in [2.24, 2.45) is 0 Å². The van der Waals surface area contributed by atoms with Crippen LogP contribution in [0.5, 0.6) is 11.5 Å². The molecule has 0 aliphatic carbocycles. The van der Waals surface area contributed by atoms with E-state index in [2.05, 4.69) is 5.10 Å². The second-order valence-electron chi connectivity index (χ2n) is 4.66. The van der Waals surface area contributed by atoms with Crippen LogP contribution in [0.15, 0.2) is 30.6 Å². The van der Waals surface area contributed by atoms with Gasteiger partial charge in [-0.25, -0.2) is 0 Å². The molecule has 0 unspecified atom stereocenters. The number of aldehydes is 1. The van der Waals surface area contributed by atoms with Gasteiger partial charge in [-0.1, -0.05) is 6.92 Å². The molecule has 0 fully saturated rings. The van der Waals surface area contributed by atoms with Gasteiger partial charge in [-0.3, -0.25) is 9.48 Å². The van der Waals surface area contributed by atoms with Crippen molar-refractivity contribution in [3.05, 3.63) is 41.7 Å². The van der Waals surface area contributed by atoms with Crippen LogP contribution < -0.4 is 9.47 Å². The number of carbonyl (C=O) groups excluding carboxylic acids is 1. The molecule has 0 bridgehead atoms. The highest BCUT2D eigenvalue weighted by Crippen LogP contribution is 2.24. The molecule has 2 aromatic rings. The maximum Gasteiger partial charge on any atom is 0.153 e. The molecule has 0 amide bonds. The minimum atomic E-state index is 0.373. The molecule has 21 heavy (non-hydrogen) atoms. The molecule has 5 heteroatoms. The first-order chi connectivity index (χ1) is 10.3. The standard InChI is InChI=1S/C16H20N2O3/c1-3-7-20-15-6-5-14(11-19)16(8-15)21-12-13-9-17-18(4-2)10-13/h5-6,8-11H,3-4,7,12H2,1-2H3. The summed E-state index contributed by atoms with van der Waals surface area (Å²) in [5.74, 6) is 1.24. The lowest BCUT2D eigenvalue weighted by molar-refractivity contribution is 0.111. The maximum absolute atomic E-state index is 11.1. The Bertz CT molecular complexity index is 593. The summed E-state index contributed by atoms with van der Waals surface area (Å²) in [5, 5.41) is 4.19. The maximum atomic E-state index is 11.1. The number of ether oxygens (including phenoxy) is 2. The number of aromatic nitrogens is 2. The predicted octanol–water partition coefficient (Wildman–Crippen LogP) is 3.08. The van der Waals surface area contributed by atoms with E-state index in [0.29, 0.717) is 30.3 Å². The Hall–Kier alpha value is -2.30. The van der Waals surface area contributed by atoms with Gasteiger partial charge in [-0.05, 0) is 25.5 Å². The first kappa shape index (κ1) is 15.1. The zero-order valence-corrected chi connectivity index (χ0v) is 12.4. The van der Waals surface area contributed by atoms with E-state index in [0.717, 1.165) is 24.8 Å². The van der Waals surface area contributed by atoms with Gasteiger partial charge in [0.2, 0.25) is 0 Å². The van der Waals surface area contributed by atoms with Crippen molar-refractivity contribution in [1.82, 2.24) is 9.78 Å². The Balaban J connectivity index is 2.07. The van der Waals surface area contributed by atoms with Gasteiger partial charge in [0.15, 0.2) is 6.29 Å². The Morgan fingerprint density at radius 2 is 2.14 bits per heavy atom. The number of hydrogen-bond acceptors (Lipinski definition) is 4. The van der Waals surface area contributed by atoms with Crippen LogP contribution in [0.1, 0.15) is 36.2 Å². The van der Waals surface area contributed by atoms with E-state index in [-0.39, 0.29) is 0 Å². The molecule has 0 atom stereocenters. The van der Waals surface area contributed by atoms with E-state index in [1.807, 2.05) is 24.7 Å². The Morgan fingerprint density at radius 3 is 2.81 bits per heavy atom. The quantitative estimate of drug-likeness (QED) is 0.700. The van der Waals surface area contributed by atoms with Crippen molar-refractivity contribution in [1.29, 1.82) is 0 Å². The van der Waals surface area contributed by atoms with Crippen LogP contribution in [0.3, 0.4) is 0 Å². The molecule has 0 saturated heterocycles. The fourth-order valence-electron chi connectivity index (χ4n) is 1.86. The van der Waals surface area contributed by atoms with E-state index >= 15 is 0 Å². The third kappa shape index (κ3) is 4.08. The first-order valence-corrected chi connectivity index (χ1v) is 7.13. The summed E-state index contributed by atoms with van der Waals surface area (Å²) in [4.78, 5) is 11.1. The summed E-state index contributed by atoms with van der Waals surface area (Å²) in [5.41, 5.74) is 1.48. The number of hydrogen-bond donors (Lipinski definition) is 0. The fraction of sp³-hybridized carbons (Fsp3) is 0.375. The normalized spacial score (nSPS) is 10.4. The van der Waals surface area contributed by atoms with Crippen molar-refractivity contribution in [3.63, 3.8) is 0 Å². The zero-order chi connectivity index (χ0) is 15.1. The van der Waals surface area contributed by atoms with E-state index in [1.54, 1.807) is 24.4 Å². The summed E-state index contributed by atoms with van der Waals surface area (Å²) in [6.45, 7) is 5.90. The van der Waals surface area contributed by atoms with Crippen molar-refractivity contribution in [2.45, 2.75) is 33.4 Å². The van der Waals surface area contributed by atoms with Gasteiger partial charge in [0, 0.05) is 24.4 Å². The molecule has 2 rings (SSSR count). The number of aryl methyl sites for hydroxylation is 1. The lowest BCUT2D eigenvalue weighted by Gasteiger charge is -2.10. The van der Waals surface area contributed by atoms with Crippen LogP contribution in [0.25, 0.3) is 0 Å². The number of carbonyl (C=O) groups is 1. The third-order valence-electron chi connectivity index (χ3n) is 2.99. The zero-order valence-electron chi connectivity index (χ0n) is 12.4. The second kappa shape index (κ2) is 7.47. The van der Waals surface area contributed by atoms with E-state index in [4.69, 9.17) is 9.47 Å². The third-order valence-corrected chi connectivity index (χ3v) is 2.99. The van der Waals surface area contributed by atoms with E-state index < -0.39 is 0 Å². The predicted molar refractivity (Wildman–Crippen MR) is 79.8 cm³/mol. The minimum Gasteiger partial charge on any atom is -0.493 e. The average Bonchev–Trinajstić information content (AvgIpc) is 2.99. The summed E-state index contributed by atoms with van der Waals surface area (Å²) >= 11 is 0. The van der Waals surface area contributed by atoms with Gasteiger partial charge in [0.05, 0.1) is 18.4 Å². The van der Waals surface area contributed by atoms with Gasteiger partial charge < -0.3 is 9.47 Å². The Kier molecular flexibility index (Phi) is 5.37. The molecule has 0 saturated carbocycles. The summed E-state index contributed by atoms with van der Waals surface area (Å²) in [6.07, 6.45) is 5.41. The summed E-state index contributed by atoms with van der Waals surface area (Å²) in [6, 6.07) is 5.24. The second-order valence-corrected chi connectivity index (χ2v) is 4.66. The van der Waals surface area contributed by atoms with Gasteiger partial charge in [-0.2, -0.15) is 5.10 Å². The molecule has 1 heterocycles. The minimum absolute atomic E-state index is 0.373. The molecule has 0 radical (unpaired) electrons. The number of rotatable bonds is 8. The highest BCUT2D eigenvalue weighted by atomic mass is 16.5. The molecule has 112 valence electrons. The molecule has 1 aromatic carbocycles. The van der Waals surface area contributed by atoms with Crippen molar-refractivity contribution >= 4 is 6.29 Å². The number of benzene rings is 1. The summed E-state index contributed by atoms with van der Waals surface area (Å²) < 4.78 is 13.1. The van der Waals surface area contributed by atoms with Gasteiger partial charge in [0.25, 0.3) is 0 Å². The average molecular weight is 288 g/mol. The Labute approximate surface area is 124 Å².